The minimum Gasteiger partial charge on any atom is -0.339 e. The number of halogens is 5. The van der Waals surface area contributed by atoms with Crippen molar-refractivity contribution in [3.8, 4) is 0 Å². The summed E-state index contributed by atoms with van der Waals surface area (Å²) in [5, 5.41) is 0.610. The van der Waals surface area contributed by atoms with Gasteiger partial charge in [-0.15, -0.1) is 0 Å². The van der Waals surface area contributed by atoms with Crippen molar-refractivity contribution < 1.29 is 22.4 Å². The van der Waals surface area contributed by atoms with Crippen LogP contribution in [0.4, 0.5) is 17.6 Å². The van der Waals surface area contributed by atoms with Gasteiger partial charge in [-0.3, -0.25) is 9.69 Å². The lowest BCUT2D eigenvalue weighted by molar-refractivity contribution is -0.137. The molecule has 3 rings (SSSR count). The standard InChI is InChI=1S/C26H33ClF4N4O/c1-3-33(4-2)17-24(21-10-7-19(16-22(21)28)26(29,30)31)34-11-13-35(14-12-34)25(36)23(32)15-18-5-8-20(27)9-6-18/h5-10,16,23-24H,3-4,11-15,17,32H2,1-2H3. The highest BCUT2D eigenvalue weighted by Crippen LogP contribution is 2.33. The van der Waals surface area contributed by atoms with Gasteiger partial charge in [0.1, 0.15) is 5.82 Å². The Labute approximate surface area is 214 Å². The molecule has 36 heavy (non-hydrogen) atoms. The van der Waals surface area contributed by atoms with Gasteiger partial charge in [0, 0.05) is 43.3 Å². The van der Waals surface area contributed by atoms with E-state index >= 15 is 0 Å². The SMILES string of the molecule is CCN(CC)CC(c1ccc(C(F)(F)F)cc1F)N1CCN(C(=O)C(N)Cc2ccc(Cl)cc2)CC1. The lowest BCUT2D eigenvalue weighted by Crippen LogP contribution is -2.55. The number of rotatable bonds is 9. The maximum atomic E-state index is 15.0. The van der Waals surface area contributed by atoms with Crippen LogP contribution in [0.2, 0.25) is 5.02 Å². The van der Waals surface area contributed by atoms with Crippen molar-refractivity contribution in [3.63, 3.8) is 0 Å². The zero-order valence-electron chi connectivity index (χ0n) is 20.6. The molecule has 0 aromatic heterocycles. The predicted molar refractivity (Wildman–Crippen MR) is 133 cm³/mol. The van der Waals surface area contributed by atoms with Crippen LogP contribution in [0.25, 0.3) is 0 Å². The van der Waals surface area contributed by atoms with Crippen molar-refractivity contribution in [1.29, 1.82) is 0 Å². The number of carbonyl (C=O) groups is 1. The van der Waals surface area contributed by atoms with Crippen molar-refractivity contribution in [1.82, 2.24) is 14.7 Å². The van der Waals surface area contributed by atoms with Crippen LogP contribution in [0.5, 0.6) is 0 Å². The molecule has 2 aromatic carbocycles. The van der Waals surface area contributed by atoms with Crippen LogP contribution in [-0.4, -0.2) is 72.5 Å². The second-order valence-corrected chi connectivity index (χ2v) is 9.47. The highest BCUT2D eigenvalue weighted by atomic mass is 35.5. The molecule has 0 saturated carbocycles. The summed E-state index contributed by atoms with van der Waals surface area (Å²) >= 11 is 5.92. The van der Waals surface area contributed by atoms with E-state index in [9.17, 15) is 22.4 Å². The van der Waals surface area contributed by atoms with E-state index < -0.39 is 29.6 Å². The lowest BCUT2D eigenvalue weighted by Gasteiger charge is -2.41. The Bertz CT molecular complexity index is 1010. The van der Waals surface area contributed by atoms with Gasteiger partial charge in [0.2, 0.25) is 5.91 Å². The van der Waals surface area contributed by atoms with Gasteiger partial charge in [-0.2, -0.15) is 13.2 Å². The number of carbonyl (C=O) groups excluding carboxylic acids is 1. The zero-order chi connectivity index (χ0) is 26.5. The normalized spacial score (nSPS) is 16.9. The highest BCUT2D eigenvalue weighted by molar-refractivity contribution is 6.30. The molecule has 0 spiro atoms. The van der Waals surface area contributed by atoms with Gasteiger partial charge < -0.3 is 15.5 Å². The van der Waals surface area contributed by atoms with Crippen molar-refractivity contribution in [2.75, 3.05) is 45.8 Å². The van der Waals surface area contributed by atoms with E-state index in [-0.39, 0.29) is 11.5 Å². The average molecular weight is 529 g/mol. The second kappa shape index (κ2) is 12.4. The molecule has 0 aliphatic carbocycles. The number of nitrogens with two attached hydrogens (primary N) is 1. The van der Waals surface area contributed by atoms with Crippen molar-refractivity contribution in [2.45, 2.75) is 38.5 Å². The van der Waals surface area contributed by atoms with Crippen molar-refractivity contribution >= 4 is 17.5 Å². The fourth-order valence-electron chi connectivity index (χ4n) is 4.56. The Kier molecular flexibility index (Phi) is 9.74. The third-order valence-electron chi connectivity index (χ3n) is 6.77. The smallest absolute Gasteiger partial charge is 0.339 e. The molecular formula is C26H33ClF4N4O. The summed E-state index contributed by atoms with van der Waals surface area (Å²) in [6.45, 7) is 7.65. The maximum absolute atomic E-state index is 15.0. The topological polar surface area (TPSA) is 52.8 Å². The van der Waals surface area contributed by atoms with Crippen LogP contribution in [-0.2, 0) is 17.4 Å². The Morgan fingerprint density at radius 1 is 1.06 bits per heavy atom. The van der Waals surface area contributed by atoms with E-state index in [1.807, 2.05) is 30.9 Å². The molecule has 198 valence electrons. The third-order valence-corrected chi connectivity index (χ3v) is 7.02. The van der Waals surface area contributed by atoms with E-state index in [4.69, 9.17) is 17.3 Å². The zero-order valence-corrected chi connectivity index (χ0v) is 21.3. The molecule has 1 amide bonds. The molecule has 1 heterocycles. The van der Waals surface area contributed by atoms with E-state index in [0.29, 0.717) is 50.2 Å². The van der Waals surface area contributed by atoms with Gasteiger partial charge in [0.05, 0.1) is 17.6 Å². The van der Waals surface area contributed by atoms with Gasteiger partial charge in [0.25, 0.3) is 0 Å². The highest BCUT2D eigenvalue weighted by Gasteiger charge is 2.34. The molecule has 0 bridgehead atoms. The number of nitrogens with zero attached hydrogens (tertiary/aromatic N) is 3. The second-order valence-electron chi connectivity index (χ2n) is 9.03. The summed E-state index contributed by atoms with van der Waals surface area (Å²) < 4.78 is 54.2. The first-order valence-corrected chi connectivity index (χ1v) is 12.5. The Morgan fingerprint density at radius 2 is 1.67 bits per heavy atom. The average Bonchev–Trinajstić information content (AvgIpc) is 2.85. The van der Waals surface area contributed by atoms with Gasteiger partial charge in [-0.25, -0.2) is 4.39 Å². The molecule has 2 unspecified atom stereocenters. The van der Waals surface area contributed by atoms with Crippen LogP contribution in [0.1, 0.15) is 36.6 Å². The summed E-state index contributed by atoms with van der Waals surface area (Å²) in [4.78, 5) is 18.8. The molecule has 10 heteroatoms. The van der Waals surface area contributed by atoms with Gasteiger partial charge in [0.15, 0.2) is 0 Å². The summed E-state index contributed by atoms with van der Waals surface area (Å²) in [5.74, 6) is -1.03. The van der Waals surface area contributed by atoms with Crippen LogP contribution < -0.4 is 5.73 Å². The lowest BCUT2D eigenvalue weighted by atomic mass is 10.00. The van der Waals surface area contributed by atoms with Crippen LogP contribution in [0, 0.1) is 5.82 Å². The van der Waals surface area contributed by atoms with E-state index in [2.05, 4.69) is 4.90 Å². The number of amides is 1. The van der Waals surface area contributed by atoms with Gasteiger partial charge in [-0.05, 0) is 49.3 Å². The monoisotopic (exact) mass is 528 g/mol. The fraction of sp³-hybridized carbons (Fsp3) is 0.500. The molecule has 0 radical (unpaired) electrons. The quantitative estimate of drug-likeness (QED) is 0.484. The number of likely N-dealkylation sites (N-methyl/N-ethyl adjacent to an activating group) is 1. The molecule has 2 N–H and O–H groups in total. The largest absolute Gasteiger partial charge is 0.416 e. The number of hydrogen-bond acceptors (Lipinski definition) is 4. The summed E-state index contributed by atoms with van der Waals surface area (Å²) in [6, 6.07) is 8.79. The molecule has 1 fully saturated rings. The number of benzene rings is 2. The molecule has 2 aromatic rings. The first-order chi connectivity index (χ1) is 17.0. The molecule has 1 aliphatic rings. The van der Waals surface area contributed by atoms with Crippen molar-refractivity contribution in [2.24, 2.45) is 5.73 Å². The summed E-state index contributed by atoms with van der Waals surface area (Å²) in [5.41, 5.74) is 6.33. The third kappa shape index (κ3) is 7.18. The Hall–Kier alpha value is -2.20. The number of piperazine rings is 1. The number of alkyl halides is 3. The van der Waals surface area contributed by atoms with Crippen molar-refractivity contribution in [3.05, 3.63) is 70.0 Å². The molecule has 2 atom stereocenters. The van der Waals surface area contributed by atoms with E-state index in [1.165, 1.54) is 6.07 Å². The molecule has 5 nitrogen and oxygen atoms in total. The van der Waals surface area contributed by atoms with Crippen LogP contribution >= 0.6 is 11.6 Å². The Balaban J connectivity index is 1.71. The molecule has 1 aliphatic heterocycles. The number of hydrogen-bond donors (Lipinski definition) is 1. The van der Waals surface area contributed by atoms with Gasteiger partial charge in [-0.1, -0.05) is 43.6 Å². The van der Waals surface area contributed by atoms with Crippen LogP contribution in [0.3, 0.4) is 0 Å². The predicted octanol–water partition coefficient (Wildman–Crippen LogP) is 4.60. The minimum absolute atomic E-state index is 0.161. The van der Waals surface area contributed by atoms with E-state index in [1.54, 1.807) is 17.0 Å². The fourth-order valence-corrected chi connectivity index (χ4v) is 4.69. The first kappa shape index (κ1) is 28.4. The first-order valence-electron chi connectivity index (χ1n) is 12.1. The van der Waals surface area contributed by atoms with Gasteiger partial charge >= 0.3 is 6.18 Å². The molecule has 1 saturated heterocycles. The summed E-state index contributed by atoms with van der Waals surface area (Å²) in [7, 11) is 0. The van der Waals surface area contributed by atoms with E-state index in [0.717, 1.165) is 24.7 Å². The molecular weight excluding hydrogens is 496 g/mol. The Morgan fingerprint density at radius 3 is 2.19 bits per heavy atom. The maximum Gasteiger partial charge on any atom is 0.416 e. The summed E-state index contributed by atoms with van der Waals surface area (Å²) in [6.07, 6.45) is -4.22. The van der Waals surface area contributed by atoms with Crippen LogP contribution in [0.15, 0.2) is 42.5 Å². The minimum atomic E-state index is -4.61.